The Morgan fingerprint density at radius 2 is 2.05 bits per heavy atom. The molecule has 1 saturated heterocycles. The summed E-state index contributed by atoms with van der Waals surface area (Å²) in [6.07, 6.45) is 12.7. The fourth-order valence-corrected chi connectivity index (χ4v) is 3.19. The number of amides is 1. The van der Waals surface area contributed by atoms with Crippen molar-refractivity contribution in [2.24, 2.45) is 5.73 Å². The van der Waals surface area contributed by atoms with Gasteiger partial charge in [-0.25, -0.2) is 0 Å². The minimum Gasteiger partial charge on any atom is -0.368 e. The molecular weight excluding hydrogens is 274 g/mol. The summed E-state index contributed by atoms with van der Waals surface area (Å²) in [6, 6.07) is 4.02. The number of carbonyl (C=O) groups excluding carboxylic acids is 1. The van der Waals surface area contributed by atoms with Crippen molar-refractivity contribution in [1.82, 2.24) is 4.98 Å². The normalized spacial score (nSPS) is 17.9. The minimum atomic E-state index is -0.228. The molecule has 22 heavy (non-hydrogen) atoms. The maximum atomic E-state index is 11.5. The van der Waals surface area contributed by atoms with Crippen LogP contribution >= 0.6 is 0 Å². The van der Waals surface area contributed by atoms with Gasteiger partial charge in [0.15, 0.2) is 0 Å². The third kappa shape index (κ3) is 4.72. The molecule has 4 nitrogen and oxygen atoms in total. The number of nitrogens with zero attached hydrogens (tertiary/aromatic N) is 2. The van der Waals surface area contributed by atoms with Crippen molar-refractivity contribution in [1.29, 1.82) is 0 Å². The van der Waals surface area contributed by atoms with E-state index in [0.29, 0.717) is 0 Å². The zero-order chi connectivity index (χ0) is 15.8. The average molecular weight is 303 g/mol. The zero-order valence-electron chi connectivity index (χ0n) is 13.8. The van der Waals surface area contributed by atoms with Gasteiger partial charge in [0, 0.05) is 12.2 Å². The molecular formula is C18H29N3O. The number of nitrogens with two attached hydrogens (primary N) is 1. The van der Waals surface area contributed by atoms with E-state index in [2.05, 4.69) is 28.9 Å². The van der Waals surface area contributed by atoms with Crippen LogP contribution in [0.5, 0.6) is 0 Å². The molecule has 0 spiro atoms. The highest BCUT2D eigenvalue weighted by Crippen LogP contribution is 2.25. The van der Waals surface area contributed by atoms with Crippen LogP contribution in [0, 0.1) is 0 Å². The number of rotatable bonds is 9. The van der Waals surface area contributed by atoms with Gasteiger partial charge in [-0.1, -0.05) is 39.0 Å². The number of anilines is 1. The predicted molar refractivity (Wildman–Crippen MR) is 90.9 cm³/mol. The summed E-state index contributed by atoms with van der Waals surface area (Å²) in [7, 11) is 0. The second-order valence-corrected chi connectivity index (χ2v) is 6.28. The number of carbonyl (C=O) groups is 1. The molecule has 1 aliphatic heterocycles. The second kappa shape index (κ2) is 8.76. The lowest BCUT2D eigenvalue weighted by atomic mass is 10.1. The molecule has 4 heteroatoms. The van der Waals surface area contributed by atoms with Crippen molar-refractivity contribution in [3.63, 3.8) is 0 Å². The Hall–Kier alpha value is -1.58. The second-order valence-electron chi connectivity index (χ2n) is 6.28. The molecule has 122 valence electrons. The van der Waals surface area contributed by atoms with Crippen LogP contribution in [0.4, 0.5) is 5.69 Å². The van der Waals surface area contributed by atoms with Crippen molar-refractivity contribution in [2.75, 3.05) is 11.4 Å². The molecule has 2 heterocycles. The Balaban J connectivity index is 1.79. The molecule has 0 saturated carbocycles. The highest BCUT2D eigenvalue weighted by Gasteiger charge is 2.29. The number of pyridine rings is 1. The molecule has 2 rings (SSSR count). The van der Waals surface area contributed by atoms with Gasteiger partial charge >= 0.3 is 0 Å². The Morgan fingerprint density at radius 3 is 2.73 bits per heavy atom. The molecule has 1 atom stereocenters. The van der Waals surface area contributed by atoms with E-state index in [1.165, 1.54) is 38.5 Å². The number of primary amides is 1. The maximum absolute atomic E-state index is 11.5. The SMILES string of the molecule is CCCCCCCCc1ccc(N2CCCC2C(N)=O)cn1. The Bertz CT molecular complexity index is 458. The first kappa shape index (κ1) is 16.8. The lowest BCUT2D eigenvalue weighted by molar-refractivity contribution is -0.119. The largest absolute Gasteiger partial charge is 0.368 e. The third-order valence-electron chi connectivity index (χ3n) is 4.51. The molecule has 1 aromatic heterocycles. The van der Waals surface area contributed by atoms with Crippen LogP contribution in [-0.2, 0) is 11.2 Å². The Labute approximate surface area is 134 Å². The van der Waals surface area contributed by atoms with Crippen LogP contribution in [0.25, 0.3) is 0 Å². The lowest BCUT2D eigenvalue weighted by Gasteiger charge is -2.24. The van der Waals surface area contributed by atoms with Gasteiger partial charge in [-0.3, -0.25) is 9.78 Å². The van der Waals surface area contributed by atoms with Gasteiger partial charge in [0.25, 0.3) is 0 Å². The molecule has 0 aliphatic carbocycles. The summed E-state index contributed by atoms with van der Waals surface area (Å²) in [5, 5.41) is 0. The summed E-state index contributed by atoms with van der Waals surface area (Å²) in [5.41, 5.74) is 7.64. The monoisotopic (exact) mass is 303 g/mol. The van der Waals surface area contributed by atoms with Crippen LogP contribution < -0.4 is 10.6 Å². The quantitative estimate of drug-likeness (QED) is 0.711. The van der Waals surface area contributed by atoms with E-state index in [-0.39, 0.29) is 11.9 Å². The van der Waals surface area contributed by atoms with E-state index in [1.54, 1.807) is 0 Å². The van der Waals surface area contributed by atoms with E-state index in [9.17, 15) is 4.79 Å². The topological polar surface area (TPSA) is 59.2 Å². The first-order valence-corrected chi connectivity index (χ1v) is 8.73. The van der Waals surface area contributed by atoms with Crippen LogP contribution in [0.15, 0.2) is 18.3 Å². The molecule has 1 aromatic rings. The van der Waals surface area contributed by atoms with Crippen molar-refractivity contribution in [3.05, 3.63) is 24.0 Å². The van der Waals surface area contributed by atoms with E-state index in [0.717, 1.165) is 37.2 Å². The average Bonchev–Trinajstić information content (AvgIpc) is 3.01. The Morgan fingerprint density at radius 1 is 1.27 bits per heavy atom. The lowest BCUT2D eigenvalue weighted by Crippen LogP contribution is -2.40. The van der Waals surface area contributed by atoms with Gasteiger partial charge < -0.3 is 10.6 Å². The number of hydrogen-bond donors (Lipinski definition) is 1. The third-order valence-corrected chi connectivity index (χ3v) is 4.51. The summed E-state index contributed by atoms with van der Waals surface area (Å²) in [4.78, 5) is 18.1. The van der Waals surface area contributed by atoms with Crippen LogP contribution in [0.2, 0.25) is 0 Å². The van der Waals surface area contributed by atoms with Gasteiger partial charge in [-0.05, 0) is 37.8 Å². The van der Waals surface area contributed by atoms with Crippen molar-refractivity contribution in [3.8, 4) is 0 Å². The summed E-state index contributed by atoms with van der Waals surface area (Å²) in [5.74, 6) is -0.228. The van der Waals surface area contributed by atoms with Gasteiger partial charge in [0.1, 0.15) is 6.04 Å². The highest BCUT2D eigenvalue weighted by atomic mass is 16.1. The molecule has 1 fully saturated rings. The summed E-state index contributed by atoms with van der Waals surface area (Å²) in [6.45, 7) is 3.14. The smallest absolute Gasteiger partial charge is 0.240 e. The molecule has 0 radical (unpaired) electrons. The zero-order valence-corrected chi connectivity index (χ0v) is 13.8. The van der Waals surface area contributed by atoms with Gasteiger partial charge in [0.2, 0.25) is 5.91 Å². The molecule has 0 aromatic carbocycles. The summed E-state index contributed by atoms with van der Waals surface area (Å²) >= 11 is 0. The first-order valence-electron chi connectivity index (χ1n) is 8.73. The fraction of sp³-hybridized carbons (Fsp3) is 0.667. The van der Waals surface area contributed by atoms with Gasteiger partial charge in [0.05, 0.1) is 11.9 Å². The standard InChI is InChI=1S/C18H29N3O/c1-2-3-4-5-6-7-9-15-11-12-16(14-20-15)21-13-8-10-17(21)18(19)22/h11-12,14,17H,2-10,13H2,1H3,(H2,19,22). The molecule has 1 aliphatic rings. The van der Waals surface area contributed by atoms with Gasteiger partial charge in [-0.15, -0.1) is 0 Å². The van der Waals surface area contributed by atoms with E-state index >= 15 is 0 Å². The van der Waals surface area contributed by atoms with E-state index < -0.39 is 0 Å². The first-order chi connectivity index (χ1) is 10.7. The Kier molecular flexibility index (Phi) is 6.69. The van der Waals surface area contributed by atoms with Crippen LogP contribution in [0.1, 0.15) is 64.0 Å². The predicted octanol–water partition coefficient (Wildman–Crippen LogP) is 3.44. The maximum Gasteiger partial charge on any atom is 0.240 e. The van der Waals surface area contributed by atoms with E-state index in [4.69, 9.17) is 5.73 Å². The van der Waals surface area contributed by atoms with E-state index in [1.807, 2.05) is 6.20 Å². The van der Waals surface area contributed by atoms with Crippen molar-refractivity contribution >= 4 is 11.6 Å². The number of aromatic nitrogens is 1. The molecule has 1 unspecified atom stereocenters. The number of hydrogen-bond acceptors (Lipinski definition) is 3. The number of unbranched alkanes of at least 4 members (excludes halogenated alkanes) is 5. The van der Waals surface area contributed by atoms with Gasteiger partial charge in [-0.2, -0.15) is 0 Å². The molecule has 1 amide bonds. The van der Waals surface area contributed by atoms with Crippen LogP contribution in [0.3, 0.4) is 0 Å². The molecule has 0 bridgehead atoms. The summed E-state index contributed by atoms with van der Waals surface area (Å²) < 4.78 is 0. The fourth-order valence-electron chi connectivity index (χ4n) is 3.19. The minimum absolute atomic E-state index is 0.161. The van der Waals surface area contributed by atoms with Crippen molar-refractivity contribution < 1.29 is 4.79 Å². The van der Waals surface area contributed by atoms with Crippen molar-refractivity contribution in [2.45, 2.75) is 70.8 Å². The molecule has 2 N–H and O–H groups in total. The number of aryl methyl sites for hydroxylation is 1. The van der Waals surface area contributed by atoms with Crippen LogP contribution in [-0.4, -0.2) is 23.5 Å². The highest BCUT2D eigenvalue weighted by molar-refractivity contribution is 5.84.